The number of hydrogen-bond acceptors (Lipinski definition) is 3. The predicted molar refractivity (Wildman–Crippen MR) is 193 cm³/mol. The quantitative estimate of drug-likeness (QED) is 0.0729. The van der Waals surface area contributed by atoms with E-state index in [0.717, 1.165) is 64.2 Å². The lowest BCUT2D eigenvalue weighted by atomic mass is 10.0. The second-order valence-corrected chi connectivity index (χ2v) is 12.8. The molecule has 0 amide bonds. The van der Waals surface area contributed by atoms with Crippen molar-refractivity contribution in [3.8, 4) is 11.5 Å². The normalized spacial score (nSPS) is 13.8. The molecule has 0 radical (unpaired) electrons. The van der Waals surface area contributed by atoms with Crippen LogP contribution < -0.4 is 0 Å². The molecule has 0 saturated carbocycles. The highest BCUT2D eigenvalue weighted by molar-refractivity contribution is 5.86. The van der Waals surface area contributed by atoms with Crippen molar-refractivity contribution in [1.29, 1.82) is 0 Å². The van der Waals surface area contributed by atoms with Crippen LogP contribution in [-0.2, 0) is 11.2 Å². The van der Waals surface area contributed by atoms with Gasteiger partial charge in [-0.25, -0.2) is 4.79 Å². The Kier molecular flexibility index (Phi) is 20.1. The third kappa shape index (κ3) is 20.2. The molecule has 45 heavy (non-hydrogen) atoms. The zero-order chi connectivity index (χ0) is 33.6. The Bertz CT molecular complexity index is 1280. The summed E-state index contributed by atoms with van der Waals surface area (Å²) in [5.41, 5.74) is 9.36. The number of hydrogen-bond donors (Lipinski definition) is 3. The van der Waals surface area contributed by atoms with E-state index in [0.29, 0.717) is 24.0 Å². The number of rotatable bonds is 21. The molecule has 1 aromatic rings. The van der Waals surface area contributed by atoms with Crippen molar-refractivity contribution in [2.75, 3.05) is 0 Å². The fourth-order valence-electron chi connectivity index (χ4n) is 5.02. The SMILES string of the molecule is CC(C)=CCC/C(C)=C/CC/C(C)=C/CC/C(C)=C/CC/C(C)=C/CC/C(C)=C/CCC(=CCc1cc(O)ccc1O)C(=O)O. The van der Waals surface area contributed by atoms with Crippen LogP contribution in [-0.4, -0.2) is 21.3 Å². The van der Waals surface area contributed by atoms with E-state index in [-0.39, 0.29) is 17.9 Å². The fourth-order valence-corrected chi connectivity index (χ4v) is 5.02. The van der Waals surface area contributed by atoms with Crippen molar-refractivity contribution in [2.45, 2.75) is 132 Å². The first-order valence-electron chi connectivity index (χ1n) is 16.7. The fraction of sp³-hybridized carbons (Fsp3) is 0.488. The van der Waals surface area contributed by atoms with Gasteiger partial charge in [0.1, 0.15) is 11.5 Å². The molecular formula is C41H60O4. The van der Waals surface area contributed by atoms with Crippen LogP contribution >= 0.6 is 0 Å². The topological polar surface area (TPSA) is 77.8 Å². The van der Waals surface area contributed by atoms with Crippen molar-refractivity contribution in [3.63, 3.8) is 0 Å². The highest BCUT2D eigenvalue weighted by atomic mass is 16.4. The van der Waals surface area contributed by atoms with Gasteiger partial charge in [-0.05, 0) is 150 Å². The summed E-state index contributed by atoms with van der Waals surface area (Å²) < 4.78 is 0. The van der Waals surface area contributed by atoms with Crippen LogP contribution in [0.5, 0.6) is 11.5 Å². The van der Waals surface area contributed by atoms with E-state index in [1.165, 1.54) is 51.6 Å². The van der Waals surface area contributed by atoms with E-state index in [9.17, 15) is 20.1 Å². The van der Waals surface area contributed by atoms with Gasteiger partial charge in [0.2, 0.25) is 0 Å². The van der Waals surface area contributed by atoms with Gasteiger partial charge in [-0.15, -0.1) is 0 Å². The number of carbonyl (C=O) groups is 1. The van der Waals surface area contributed by atoms with E-state index in [1.807, 2.05) is 0 Å². The second-order valence-electron chi connectivity index (χ2n) is 12.8. The molecule has 4 nitrogen and oxygen atoms in total. The third-order valence-electron chi connectivity index (χ3n) is 8.03. The monoisotopic (exact) mass is 616 g/mol. The number of phenols is 2. The lowest BCUT2D eigenvalue weighted by molar-refractivity contribution is -0.132. The Morgan fingerprint density at radius 3 is 1.31 bits per heavy atom. The van der Waals surface area contributed by atoms with Gasteiger partial charge >= 0.3 is 5.97 Å². The number of carboxylic acid groups (broad SMARTS) is 1. The maximum absolute atomic E-state index is 11.7. The summed E-state index contributed by atoms with van der Waals surface area (Å²) in [6, 6.07) is 4.27. The summed E-state index contributed by atoms with van der Waals surface area (Å²) >= 11 is 0. The number of aliphatic carboxylic acids is 1. The minimum Gasteiger partial charge on any atom is -0.508 e. The number of benzene rings is 1. The molecule has 4 heteroatoms. The van der Waals surface area contributed by atoms with Crippen molar-refractivity contribution < 1.29 is 20.1 Å². The van der Waals surface area contributed by atoms with E-state index in [4.69, 9.17) is 0 Å². The van der Waals surface area contributed by atoms with Gasteiger partial charge in [0, 0.05) is 11.1 Å². The van der Waals surface area contributed by atoms with Crippen LogP contribution in [0.15, 0.2) is 99.7 Å². The standard InChI is InChI=1S/C41H60O4/c1-31(2)14-8-15-32(3)16-9-17-33(4)18-10-19-34(5)20-11-21-35(6)22-12-23-36(7)24-13-25-37(41(44)45)26-27-38-30-39(42)28-29-40(38)43/h14,16,18,20,22,24,26,28-30,42-43H,8-13,15,17,19,21,23,25,27H2,1-7H3,(H,44,45)/b32-16+,33-18+,34-20+,35-22+,36-24+,37-26?. The van der Waals surface area contributed by atoms with Gasteiger partial charge in [-0.2, -0.15) is 0 Å². The zero-order valence-electron chi connectivity index (χ0n) is 29.2. The summed E-state index contributed by atoms with van der Waals surface area (Å²) in [6.07, 6.45) is 27.9. The molecule has 0 aliphatic rings. The summed E-state index contributed by atoms with van der Waals surface area (Å²) in [4.78, 5) is 11.7. The maximum Gasteiger partial charge on any atom is 0.331 e. The molecule has 0 unspecified atom stereocenters. The average molecular weight is 617 g/mol. The Labute approximate surface area is 274 Å². The molecule has 0 atom stereocenters. The van der Waals surface area contributed by atoms with Gasteiger partial charge in [0.05, 0.1) is 0 Å². The first-order chi connectivity index (χ1) is 21.4. The van der Waals surface area contributed by atoms with Crippen LogP contribution in [0.1, 0.15) is 131 Å². The molecule has 248 valence electrons. The molecule has 1 aromatic carbocycles. The molecule has 0 aromatic heterocycles. The molecule has 0 spiro atoms. The molecule has 0 aliphatic carbocycles. The zero-order valence-corrected chi connectivity index (χ0v) is 29.2. The molecule has 0 heterocycles. The van der Waals surface area contributed by atoms with Crippen LogP contribution in [0.25, 0.3) is 0 Å². The van der Waals surface area contributed by atoms with Crippen LogP contribution in [0, 0.1) is 0 Å². The predicted octanol–water partition coefficient (Wildman–Crippen LogP) is 12.0. The Morgan fingerprint density at radius 2 is 0.933 bits per heavy atom. The molecule has 0 fully saturated rings. The highest BCUT2D eigenvalue weighted by Gasteiger charge is 2.08. The van der Waals surface area contributed by atoms with Gasteiger partial charge in [0.15, 0.2) is 0 Å². The minimum atomic E-state index is -0.949. The first kappa shape index (κ1) is 39.5. The van der Waals surface area contributed by atoms with Gasteiger partial charge < -0.3 is 15.3 Å². The Morgan fingerprint density at radius 1 is 0.556 bits per heavy atom. The molecular weight excluding hydrogens is 556 g/mol. The number of phenolic OH excluding ortho intramolecular Hbond substituents is 2. The van der Waals surface area contributed by atoms with Gasteiger partial charge in [-0.1, -0.05) is 76.0 Å². The Balaban J connectivity index is 2.35. The van der Waals surface area contributed by atoms with Crippen molar-refractivity contribution in [3.05, 3.63) is 105 Å². The minimum absolute atomic E-state index is 0.0483. The second kappa shape index (κ2) is 22.9. The largest absolute Gasteiger partial charge is 0.508 e. The summed E-state index contributed by atoms with van der Waals surface area (Å²) in [7, 11) is 0. The Hall–Kier alpha value is -3.53. The smallest absolute Gasteiger partial charge is 0.331 e. The first-order valence-corrected chi connectivity index (χ1v) is 16.7. The van der Waals surface area contributed by atoms with Crippen molar-refractivity contribution in [2.24, 2.45) is 0 Å². The molecule has 3 N–H and O–H groups in total. The van der Waals surface area contributed by atoms with Gasteiger partial charge in [-0.3, -0.25) is 0 Å². The number of carboxylic acids is 1. The molecule has 1 rings (SSSR count). The van der Waals surface area contributed by atoms with Crippen LogP contribution in [0.3, 0.4) is 0 Å². The summed E-state index contributed by atoms with van der Waals surface area (Å²) in [6.45, 7) is 15.4. The third-order valence-corrected chi connectivity index (χ3v) is 8.03. The van der Waals surface area contributed by atoms with Crippen LogP contribution in [0.4, 0.5) is 0 Å². The number of allylic oxidation sites excluding steroid dienone is 13. The molecule has 0 aliphatic heterocycles. The highest BCUT2D eigenvalue weighted by Crippen LogP contribution is 2.24. The maximum atomic E-state index is 11.7. The lowest BCUT2D eigenvalue weighted by Gasteiger charge is -2.05. The average Bonchev–Trinajstić information content (AvgIpc) is 2.96. The van der Waals surface area contributed by atoms with Crippen molar-refractivity contribution >= 4 is 5.97 Å². The van der Waals surface area contributed by atoms with E-state index in [2.05, 4.69) is 84.9 Å². The van der Waals surface area contributed by atoms with Gasteiger partial charge in [0.25, 0.3) is 0 Å². The van der Waals surface area contributed by atoms with E-state index >= 15 is 0 Å². The van der Waals surface area contributed by atoms with Crippen molar-refractivity contribution in [1.82, 2.24) is 0 Å². The lowest BCUT2D eigenvalue weighted by Crippen LogP contribution is -2.01. The number of aromatic hydroxyl groups is 2. The van der Waals surface area contributed by atoms with Crippen LogP contribution in [0.2, 0.25) is 0 Å². The summed E-state index contributed by atoms with van der Waals surface area (Å²) in [5.74, 6) is -0.852. The molecule has 0 bridgehead atoms. The summed E-state index contributed by atoms with van der Waals surface area (Å²) in [5, 5.41) is 29.1. The molecule has 0 saturated heterocycles. The van der Waals surface area contributed by atoms with E-state index in [1.54, 1.807) is 6.08 Å². The van der Waals surface area contributed by atoms with E-state index < -0.39 is 5.97 Å².